The lowest BCUT2D eigenvalue weighted by Gasteiger charge is -2.29. The number of hydrogen-bond acceptors (Lipinski definition) is 6. The van der Waals surface area contributed by atoms with Gasteiger partial charge < -0.3 is 24.9 Å². The summed E-state index contributed by atoms with van der Waals surface area (Å²) in [6.07, 6.45) is -2.14. The molecule has 1 saturated carbocycles. The molecule has 6 rings (SSSR count). The number of nitrogens with one attached hydrogen (secondary N) is 2. The lowest BCUT2D eigenvalue weighted by molar-refractivity contribution is -0.141. The van der Waals surface area contributed by atoms with Crippen molar-refractivity contribution in [2.45, 2.75) is 45.7 Å². The molecule has 3 heterocycles. The molecule has 1 saturated heterocycles. The Morgan fingerprint density at radius 3 is 2.58 bits per heavy atom. The maximum Gasteiger partial charge on any atom is 0.437 e. The van der Waals surface area contributed by atoms with Crippen LogP contribution in [0.25, 0.3) is 0 Å². The van der Waals surface area contributed by atoms with E-state index in [1.807, 2.05) is 38.1 Å². The summed E-state index contributed by atoms with van der Waals surface area (Å²) in [5.41, 5.74) is 2.00. The van der Waals surface area contributed by atoms with E-state index in [-0.39, 0.29) is 29.4 Å². The summed E-state index contributed by atoms with van der Waals surface area (Å²) in [7, 11) is 0. The molecule has 3 amide bonds. The first-order valence-corrected chi connectivity index (χ1v) is 14.4. The number of oxazole rings is 1. The largest absolute Gasteiger partial charge is 0.437 e. The molecule has 2 aliphatic heterocycles. The average molecular weight is 596 g/mol. The zero-order chi connectivity index (χ0) is 30.5. The predicted molar refractivity (Wildman–Crippen MR) is 154 cm³/mol. The molecule has 0 radical (unpaired) electrons. The lowest BCUT2D eigenvalue weighted by atomic mass is 10.0. The van der Waals surface area contributed by atoms with Gasteiger partial charge in [-0.3, -0.25) is 14.4 Å². The third kappa shape index (κ3) is 5.82. The highest BCUT2D eigenvalue weighted by molar-refractivity contribution is 6.06. The second-order valence-electron chi connectivity index (χ2n) is 11.7. The number of amides is 3. The van der Waals surface area contributed by atoms with E-state index in [1.165, 1.54) is 6.07 Å². The SMILES string of the molecule is Cc1ccccc1NC(=O)[C@@H]1C[C@H]1C(=O)N1CCc2cc(NC(=O)c3oc(N4CCCC(C)C4)nc3C(F)(F)F)ccc21. The number of carbonyl (C=O) groups is 3. The summed E-state index contributed by atoms with van der Waals surface area (Å²) in [5, 5.41) is 5.41. The molecule has 1 unspecified atom stereocenters. The van der Waals surface area contributed by atoms with Gasteiger partial charge in [-0.2, -0.15) is 18.2 Å². The standard InChI is InChI=1S/C31H32F3N5O4/c1-17-6-5-12-38(16-17)30-37-26(31(32,33)34)25(43-30)28(41)35-20-9-10-24-19(14-20)11-13-39(24)29(42)22-15-21(22)27(40)36-23-8-4-3-7-18(23)2/h3-4,7-10,14,17,21-22H,5-6,11-13,15-16H2,1-2H3,(H,35,41)(H,36,40)/t17?,21-,22-/m1/s1. The van der Waals surface area contributed by atoms with E-state index < -0.39 is 35.4 Å². The van der Waals surface area contributed by atoms with Crippen LogP contribution < -0.4 is 20.4 Å². The van der Waals surface area contributed by atoms with Crippen LogP contribution in [0.1, 0.15) is 53.6 Å². The number of piperidine rings is 1. The smallest absolute Gasteiger partial charge is 0.417 e. The minimum Gasteiger partial charge on any atom is -0.417 e. The van der Waals surface area contributed by atoms with Crippen molar-refractivity contribution in [1.29, 1.82) is 0 Å². The van der Waals surface area contributed by atoms with Crippen LogP contribution >= 0.6 is 0 Å². The van der Waals surface area contributed by atoms with Crippen LogP contribution in [0.4, 0.5) is 36.2 Å². The van der Waals surface area contributed by atoms with Gasteiger partial charge in [-0.1, -0.05) is 25.1 Å². The molecule has 226 valence electrons. The van der Waals surface area contributed by atoms with Crippen LogP contribution in [0.3, 0.4) is 0 Å². The maximum atomic E-state index is 13.8. The number of carbonyl (C=O) groups excluding carboxylic acids is 3. The van der Waals surface area contributed by atoms with Crippen molar-refractivity contribution in [3.8, 4) is 0 Å². The number of alkyl halides is 3. The Morgan fingerprint density at radius 1 is 1.05 bits per heavy atom. The second-order valence-corrected chi connectivity index (χ2v) is 11.7. The van der Waals surface area contributed by atoms with Gasteiger partial charge in [-0.05, 0) is 73.9 Å². The fourth-order valence-electron chi connectivity index (χ4n) is 5.95. The Morgan fingerprint density at radius 2 is 1.84 bits per heavy atom. The number of anilines is 4. The number of benzene rings is 2. The second kappa shape index (κ2) is 11.1. The zero-order valence-electron chi connectivity index (χ0n) is 23.8. The molecule has 1 aromatic heterocycles. The summed E-state index contributed by atoms with van der Waals surface area (Å²) >= 11 is 0. The van der Waals surface area contributed by atoms with Crippen molar-refractivity contribution in [3.63, 3.8) is 0 Å². The molecule has 43 heavy (non-hydrogen) atoms. The van der Waals surface area contributed by atoms with Gasteiger partial charge in [0.05, 0.1) is 11.8 Å². The third-order valence-electron chi connectivity index (χ3n) is 8.36. The van der Waals surface area contributed by atoms with Crippen LogP contribution in [-0.4, -0.2) is 42.3 Å². The summed E-state index contributed by atoms with van der Waals surface area (Å²) in [4.78, 5) is 46.0. The number of fused-ring (bicyclic) bond motifs is 1. The Hall–Kier alpha value is -4.35. The normalized spacial score (nSPS) is 21.4. The van der Waals surface area contributed by atoms with Gasteiger partial charge in [0.25, 0.3) is 11.9 Å². The number of halogens is 3. The lowest BCUT2D eigenvalue weighted by Crippen LogP contribution is -2.34. The fourth-order valence-corrected chi connectivity index (χ4v) is 5.95. The number of aromatic nitrogens is 1. The highest BCUT2D eigenvalue weighted by Crippen LogP contribution is 2.43. The van der Waals surface area contributed by atoms with Gasteiger partial charge in [-0.15, -0.1) is 0 Å². The molecule has 3 aliphatic rings. The van der Waals surface area contributed by atoms with Gasteiger partial charge >= 0.3 is 6.18 Å². The minimum absolute atomic E-state index is 0.142. The van der Waals surface area contributed by atoms with Gasteiger partial charge in [0.15, 0.2) is 5.69 Å². The highest BCUT2D eigenvalue weighted by atomic mass is 19.4. The van der Waals surface area contributed by atoms with Crippen LogP contribution in [-0.2, 0) is 22.2 Å². The number of hydrogen-bond donors (Lipinski definition) is 2. The van der Waals surface area contributed by atoms with Gasteiger partial charge in [0.1, 0.15) is 0 Å². The molecule has 2 N–H and O–H groups in total. The topological polar surface area (TPSA) is 108 Å². The summed E-state index contributed by atoms with van der Waals surface area (Å²) in [6, 6.07) is 12.1. The van der Waals surface area contributed by atoms with Crippen molar-refractivity contribution in [1.82, 2.24) is 4.98 Å². The Bertz CT molecular complexity index is 1590. The molecule has 1 aliphatic carbocycles. The summed E-state index contributed by atoms with van der Waals surface area (Å²) in [5.74, 6) is -2.82. The maximum absolute atomic E-state index is 13.8. The van der Waals surface area contributed by atoms with Crippen molar-refractivity contribution >= 4 is 40.8 Å². The monoisotopic (exact) mass is 595 g/mol. The Kier molecular flexibility index (Phi) is 7.39. The van der Waals surface area contributed by atoms with Crippen molar-refractivity contribution < 1.29 is 32.0 Å². The predicted octanol–water partition coefficient (Wildman–Crippen LogP) is 5.65. The first-order chi connectivity index (χ1) is 20.5. The number of rotatable bonds is 6. The number of nitrogens with zero attached hydrogens (tertiary/aromatic N) is 3. The first kappa shape index (κ1) is 28.8. The third-order valence-corrected chi connectivity index (χ3v) is 8.36. The number of aryl methyl sites for hydroxylation is 1. The van der Waals surface area contributed by atoms with Crippen LogP contribution in [0.15, 0.2) is 46.9 Å². The van der Waals surface area contributed by atoms with E-state index in [4.69, 9.17) is 4.42 Å². The summed E-state index contributed by atoms with van der Waals surface area (Å²) in [6.45, 7) is 5.31. The fraction of sp³-hybridized carbons (Fsp3) is 0.419. The van der Waals surface area contributed by atoms with E-state index in [1.54, 1.807) is 21.9 Å². The molecule has 9 nitrogen and oxygen atoms in total. The Labute approximate surface area is 246 Å². The molecule has 0 bridgehead atoms. The Balaban J connectivity index is 1.13. The van der Waals surface area contributed by atoms with E-state index in [0.29, 0.717) is 38.2 Å². The molecule has 3 atom stereocenters. The van der Waals surface area contributed by atoms with Crippen LogP contribution in [0, 0.1) is 24.7 Å². The van der Waals surface area contributed by atoms with Gasteiger partial charge in [0, 0.05) is 36.7 Å². The zero-order valence-corrected chi connectivity index (χ0v) is 23.8. The number of para-hydroxylation sites is 1. The van der Waals surface area contributed by atoms with Gasteiger partial charge in [0.2, 0.25) is 17.6 Å². The van der Waals surface area contributed by atoms with Crippen molar-refractivity contribution in [3.05, 3.63) is 65.0 Å². The average Bonchev–Trinajstić information content (AvgIpc) is 3.44. The summed E-state index contributed by atoms with van der Waals surface area (Å²) < 4.78 is 46.8. The quantitative estimate of drug-likeness (QED) is 0.381. The van der Waals surface area contributed by atoms with E-state index >= 15 is 0 Å². The van der Waals surface area contributed by atoms with E-state index in [2.05, 4.69) is 15.6 Å². The minimum atomic E-state index is -4.87. The van der Waals surface area contributed by atoms with Crippen LogP contribution in [0.5, 0.6) is 0 Å². The molecule has 3 aromatic rings. The molecular weight excluding hydrogens is 563 g/mol. The molecule has 2 fully saturated rings. The molecule has 12 heteroatoms. The van der Waals surface area contributed by atoms with Crippen molar-refractivity contribution in [2.75, 3.05) is 40.1 Å². The molecular formula is C31H32F3N5O4. The highest BCUT2D eigenvalue weighted by Gasteiger charge is 2.50. The van der Waals surface area contributed by atoms with Crippen LogP contribution in [0.2, 0.25) is 0 Å². The van der Waals surface area contributed by atoms with E-state index in [0.717, 1.165) is 29.7 Å². The molecule has 0 spiro atoms. The van der Waals surface area contributed by atoms with Gasteiger partial charge in [-0.25, -0.2) is 0 Å². The molecule has 2 aromatic carbocycles. The van der Waals surface area contributed by atoms with Crippen molar-refractivity contribution in [2.24, 2.45) is 17.8 Å². The van der Waals surface area contributed by atoms with E-state index in [9.17, 15) is 27.6 Å². The first-order valence-electron chi connectivity index (χ1n) is 14.4.